The maximum atomic E-state index is 8.65. The molecule has 0 aliphatic heterocycles. The van der Waals surface area contributed by atoms with Gasteiger partial charge in [-0.05, 0) is 25.3 Å². The summed E-state index contributed by atoms with van der Waals surface area (Å²) in [6.45, 7) is 3.61. The zero-order valence-electron chi connectivity index (χ0n) is 10.0. The number of aliphatic hydroxyl groups excluding tert-OH is 1. The summed E-state index contributed by atoms with van der Waals surface area (Å²) in [6, 6.07) is 4.29. The third kappa shape index (κ3) is 6.09. The molecule has 0 atom stereocenters. The first-order valence-electron chi connectivity index (χ1n) is 5.95. The average Bonchev–Trinajstić information content (AvgIpc) is 2.29. The van der Waals surface area contributed by atoms with E-state index in [4.69, 9.17) is 5.11 Å². The minimum absolute atomic E-state index is 0. The number of aliphatic hydroxyl groups is 1. The summed E-state index contributed by atoms with van der Waals surface area (Å²) in [4.78, 5) is 0. The highest BCUT2D eigenvalue weighted by atomic mass is 35.5. The van der Waals surface area contributed by atoms with E-state index < -0.39 is 0 Å². The van der Waals surface area contributed by atoms with Gasteiger partial charge in [0.1, 0.15) is 6.54 Å². The summed E-state index contributed by atoms with van der Waals surface area (Å²) < 4.78 is 2.26. The molecule has 0 unspecified atom stereocenters. The Morgan fingerprint density at radius 1 is 1.19 bits per heavy atom. The van der Waals surface area contributed by atoms with Gasteiger partial charge in [-0.15, -0.1) is 0 Å². The molecule has 1 rings (SSSR count). The van der Waals surface area contributed by atoms with Crippen LogP contribution in [0.25, 0.3) is 0 Å². The molecular weight excluding hydrogens is 222 g/mol. The number of unbranched alkanes of at least 4 members (excludes halogenated alkanes) is 3. The van der Waals surface area contributed by atoms with Crippen LogP contribution in [0.3, 0.4) is 0 Å². The SMILES string of the molecule is CCc1ccc[n+](CCCCCCO)c1.[Cl-]. The van der Waals surface area contributed by atoms with E-state index in [9.17, 15) is 0 Å². The van der Waals surface area contributed by atoms with Gasteiger partial charge in [-0.2, -0.15) is 0 Å². The molecule has 0 aliphatic rings. The lowest BCUT2D eigenvalue weighted by Gasteiger charge is -1.99. The quantitative estimate of drug-likeness (QED) is 0.487. The molecule has 1 aromatic rings. The third-order valence-corrected chi connectivity index (χ3v) is 2.65. The lowest BCUT2D eigenvalue weighted by molar-refractivity contribution is -0.697. The number of aromatic nitrogens is 1. The van der Waals surface area contributed by atoms with Gasteiger partial charge < -0.3 is 17.5 Å². The molecule has 0 spiro atoms. The van der Waals surface area contributed by atoms with Gasteiger partial charge in [0.05, 0.1) is 0 Å². The van der Waals surface area contributed by atoms with Gasteiger partial charge in [-0.3, -0.25) is 0 Å². The molecule has 1 aromatic heterocycles. The number of hydrogen-bond donors (Lipinski definition) is 1. The fourth-order valence-electron chi connectivity index (χ4n) is 1.68. The summed E-state index contributed by atoms with van der Waals surface area (Å²) in [5, 5.41) is 8.65. The van der Waals surface area contributed by atoms with Crippen LogP contribution in [0.4, 0.5) is 0 Å². The number of halogens is 1. The van der Waals surface area contributed by atoms with Crippen molar-refractivity contribution < 1.29 is 22.1 Å². The van der Waals surface area contributed by atoms with Crippen molar-refractivity contribution in [2.75, 3.05) is 6.61 Å². The largest absolute Gasteiger partial charge is 1.00 e. The second-order valence-electron chi connectivity index (χ2n) is 3.94. The first-order chi connectivity index (χ1) is 7.36. The van der Waals surface area contributed by atoms with Gasteiger partial charge in [-0.1, -0.05) is 13.3 Å². The lowest BCUT2D eigenvalue weighted by Crippen LogP contribution is -3.00. The fraction of sp³-hybridized carbons (Fsp3) is 0.615. The summed E-state index contributed by atoms with van der Waals surface area (Å²) >= 11 is 0. The molecule has 1 N–H and O–H groups in total. The van der Waals surface area contributed by atoms with E-state index in [-0.39, 0.29) is 12.4 Å². The first-order valence-corrected chi connectivity index (χ1v) is 5.95. The highest BCUT2D eigenvalue weighted by molar-refractivity contribution is 5.04. The van der Waals surface area contributed by atoms with E-state index in [2.05, 4.69) is 36.0 Å². The van der Waals surface area contributed by atoms with Gasteiger partial charge in [0.2, 0.25) is 0 Å². The average molecular weight is 244 g/mol. The standard InChI is InChI=1S/C13H22NO.ClH/c1-2-13-8-7-10-14(12-13)9-5-3-4-6-11-15;/h7-8,10,12,15H,2-6,9,11H2,1H3;1H/q+1;/p-1. The van der Waals surface area contributed by atoms with Crippen molar-refractivity contribution in [1.82, 2.24) is 0 Å². The van der Waals surface area contributed by atoms with Crippen LogP contribution in [0.2, 0.25) is 0 Å². The number of pyridine rings is 1. The second kappa shape index (κ2) is 9.61. The number of hydrogen-bond acceptors (Lipinski definition) is 1. The highest BCUT2D eigenvalue weighted by Crippen LogP contribution is 2.00. The molecule has 0 aromatic carbocycles. The van der Waals surface area contributed by atoms with E-state index in [0.29, 0.717) is 6.61 Å². The van der Waals surface area contributed by atoms with Crippen LogP contribution >= 0.6 is 0 Å². The summed E-state index contributed by atoms with van der Waals surface area (Å²) in [7, 11) is 0. The Morgan fingerprint density at radius 2 is 1.94 bits per heavy atom. The molecule has 92 valence electrons. The first kappa shape index (κ1) is 15.4. The molecule has 1 heterocycles. The monoisotopic (exact) mass is 243 g/mol. The maximum absolute atomic E-state index is 8.65. The van der Waals surface area contributed by atoms with Gasteiger partial charge in [0.15, 0.2) is 12.4 Å². The molecule has 16 heavy (non-hydrogen) atoms. The van der Waals surface area contributed by atoms with Crippen molar-refractivity contribution in [2.24, 2.45) is 0 Å². The summed E-state index contributed by atoms with van der Waals surface area (Å²) in [5.41, 5.74) is 1.40. The van der Waals surface area contributed by atoms with Crippen molar-refractivity contribution in [3.05, 3.63) is 30.1 Å². The molecular formula is C13H22ClNO. The Balaban J connectivity index is 0.00000225. The van der Waals surface area contributed by atoms with E-state index in [1.54, 1.807) is 0 Å². The van der Waals surface area contributed by atoms with E-state index in [0.717, 1.165) is 25.8 Å². The van der Waals surface area contributed by atoms with Crippen molar-refractivity contribution in [1.29, 1.82) is 0 Å². The van der Waals surface area contributed by atoms with Crippen LogP contribution in [0.15, 0.2) is 24.5 Å². The minimum atomic E-state index is 0. The Hall–Kier alpha value is -0.600. The van der Waals surface area contributed by atoms with Crippen molar-refractivity contribution in [2.45, 2.75) is 45.6 Å². The van der Waals surface area contributed by atoms with Crippen LogP contribution < -0.4 is 17.0 Å². The molecule has 0 radical (unpaired) electrons. The smallest absolute Gasteiger partial charge is 0.171 e. The Labute approximate surface area is 105 Å². The molecule has 0 saturated carbocycles. The predicted octanol–water partition coefficient (Wildman–Crippen LogP) is -0.907. The van der Waals surface area contributed by atoms with E-state index in [1.165, 1.54) is 18.4 Å². The Morgan fingerprint density at radius 3 is 2.62 bits per heavy atom. The topological polar surface area (TPSA) is 24.1 Å². The normalized spacial score (nSPS) is 9.88. The third-order valence-electron chi connectivity index (χ3n) is 2.65. The van der Waals surface area contributed by atoms with Crippen LogP contribution in [-0.4, -0.2) is 11.7 Å². The highest BCUT2D eigenvalue weighted by Gasteiger charge is 2.00. The van der Waals surface area contributed by atoms with E-state index in [1.807, 2.05) is 0 Å². The maximum Gasteiger partial charge on any atom is 0.171 e. The van der Waals surface area contributed by atoms with Gasteiger partial charge >= 0.3 is 0 Å². The molecule has 0 aliphatic carbocycles. The molecule has 0 amide bonds. The Kier molecular flexibility index (Phi) is 9.25. The van der Waals surface area contributed by atoms with E-state index >= 15 is 0 Å². The van der Waals surface area contributed by atoms with Gasteiger partial charge in [0, 0.05) is 24.7 Å². The zero-order valence-corrected chi connectivity index (χ0v) is 10.8. The summed E-state index contributed by atoms with van der Waals surface area (Å²) in [6.07, 6.45) is 9.97. The predicted molar refractivity (Wildman–Crippen MR) is 61.6 cm³/mol. The van der Waals surface area contributed by atoms with Crippen LogP contribution in [0.1, 0.15) is 38.2 Å². The second-order valence-corrected chi connectivity index (χ2v) is 3.94. The molecule has 2 nitrogen and oxygen atoms in total. The fourth-order valence-corrected chi connectivity index (χ4v) is 1.68. The molecule has 3 heteroatoms. The van der Waals surface area contributed by atoms with Gasteiger partial charge in [-0.25, -0.2) is 4.57 Å². The van der Waals surface area contributed by atoms with Crippen molar-refractivity contribution in [3.63, 3.8) is 0 Å². The summed E-state index contributed by atoms with van der Waals surface area (Å²) in [5.74, 6) is 0. The van der Waals surface area contributed by atoms with Crippen molar-refractivity contribution >= 4 is 0 Å². The molecule has 0 fully saturated rings. The minimum Gasteiger partial charge on any atom is -1.00 e. The van der Waals surface area contributed by atoms with Crippen LogP contribution in [-0.2, 0) is 13.0 Å². The lowest BCUT2D eigenvalue weighted by atomic mass is 10.2. The number of rotatable bonds is 7. The number of nitrogens with zero attached hydrogens (tertiary/aromatic N) is 1. The molecule has 0 bridgehead atoms. The van der Waals surface area contributed by atoms with Gasteiger partial charge in [0.25, 0.3) is 0 Å². The zero-order chi connectivity index (χ0) is 10.9. The Bertz CT molecular complexity index is 278. The van der Waals surface area contributed by atoms with Crippen LogP contribution in [0.5, 0.6) is 0 Å². The van der Waals surface area contributed by atoms with Crippen molar-refractivity contribution in [3.8, 4) is 0 Å². The molecule has 0 saturated heterocycles. The van der Waals surface area contributed by atoms with Crippen LogP contribution in [0, 0.1) is 0 Å². The number of aryl methyl sites for hydroxylation is 2.